The number of amides is 1. The summed E-state index contributed by atoms with van der Waals surface area (Å²) in [5, 5.41) is 14.1. The lowest BCUT2D eigenvalue weighted by molar-refractivity contribution is 0.0673. The fraction of sp³-hybridized carbons (Fsp3) is 0.444. The second kappa shape index (κ2) is 5.94. The number of rotatable bonds is 4. The highest BCUT2D eigenvalue weighted by Crippen LogP contribution is 2.40. The Morgan fingerprint density at radius 3 is 2.96 bits per heavy atom. The van der Waals surface area contributed by atoms with Crippen molar-refractivity contribution in [2.24, 2.45) is 0 Å². The number of aromatic nitrogens is 1. The molecule has 1 amide bonds. The number of carbonyl (C=O) groups is 1. The molecular formula is C18H20N2O4. The highest BCUT2D eigenvalue weighted by atomic mass is 16.5. The largest absolute Gasteiger partial charge is 0.497 e. The van der Waals surface area contributed by atoms with Crippen molar-refractivity contribution >= 4 is 5.91 Å². The van der Waals surface area contributed by atoms with Crippen LogP contribution in [0.3, 0.4) is 0 Å². The van der Waals surface area contributed by atoms with Gasteiger partial charge in [-0.2, -0.15) is 0 Å². The highest BCUT2D eigenvalue weighted by Gasteiger charge is 2.38. The van der Waals surface area contributed by atoms with Crippen LogP contribution in [0, 0.1) is 0 Å². The molecule has 2 atom stereocenters. The predicted molar refractivity (Wildman–Crippen MR) is 85.9 cm³/mol. The summed E-state index contributed by atoms with van der Waals surface area (Å²) in [4.78, 5) is 14.5. The molecule has 0 bridgehead atoms. The van der Waals surface area contributed by atoms with Crippen LogP contribution in [0.2, 0.25) is 0 Å². The molecule has 1 saturated carbocycles. The van der Waals surface area contributed by atoms with Gasteiger partial charge in [0.2, 0.25) is 5.76 Å². The Kier molecular flexibility index (Phi) is 3.76. The van der Waals surface area contributed by atoms with Gasteiger partial charge in [-0.3, -0.25) is 4.79 Å². The number of carbonyl (C=O) groups excluding carboxylic acids is 1. The van der Waals surface area contributed by atoms with E-state index in [1.54, 1.807) is 18.1 Å². The molecule has 6 heteroatoms. The summed E-state index contributed by atoms with van der Waals surface area (Å²) in [5.41, 5.74) is 1.80. The lowest BCUT2D eigenvalue weighted by Crippen LogP contribution is -2.31. The van der Waals surface area contributed by atoms with Crippen molar-refractivity contribution in [3.05, 3.63) is 47.3 Å². The fourth-order valence-electron chi connectivity index (χ4n) is 3.31. The molecule has 2 fully saturated rings. The third-order valence-corrected chi connectivity index (χ3v) is 4.75. The monoisotopic (exact) mass is 328 g/mol. The molecule has 1 aliphatic heterocycles. The molecule has 0 spiro atoms. The van der Waals surface area contributed by atoms with Crippen molar-refractivity contribution in [2.45, 2.75) is 37.3 Å². The molecule has 0 radical (unpaired) electrons. The minimum Gasteiger partial charge on any atom is -0.497 e. The average Bonchev–Trinajstić information content (AvgIpc) is 3.20. The lowest BCUT2D eigenvalue weighted by Gasteiger charge is -2.23. The summed E-state index contributed by atoms with van der Waals surface area (Å²) in [6.45, 7) is 0.292. The summed E-state index contributed by atoms with van der Waals surface area (Å²) in [6, 6.07) is 9.14. The van der Waals surface area contributed by atoms with Gasteiger partial charge in [0.15, 0.2) is 0 Å². The van der Waals surface area contributed by atoms with Gasteiger partial charge in [-0.25, -0.2) is 0 Å². The van der Waals surface area contributed by atoms with Gasteiger partial charge < -0.3 is 19.3 Å². The maximum absolute atomic E-state index is 12.8. The summed E-state index contributed by atoms with van der Waals surface area (Å²) < 4.78 is 10.5. The van der Waals surface area contributed by atoms with E-state index in [0.717, 1.165) is 29.8 Å². The van der Waals surface area contributed by atoms with E-state index < -0.39 is 6.10 Å². The van der Waals surface area contributed by atoms with Gasteiger partial charge in [-0.05, 0) is 37.0 Å². The van der Waals surface area contributed by atoms with Gasteiger partial charge in [0, 0.05) is 18.5 Å². The Morgan fingerprint density at radius 2 is 2.21 bits per heavy atom. The van der Waals surface area contributed by atoms with E-state index in [9.17, 15) is 9.90 Å². The minimum absolute atomic E-state index is 0.197. The zero-order valence-electron chi connectivity index (χ0n) is 13.5. The first-order valence-corrected chi connectivity index (χ1v) is 8.25. The van der Waals surface area contributed by atoms with Gasteiger partial charge >= 0.3 is 0 Å². The van der Waals surface area contributed by atoms with Crippen LogP contribution >= 0.6 is 0 Å². The van der Waals surface area contributed by atoms with Gasteiger partial charge in [0.25, 0.3) is 5.91 Å². The molecule has 4 rings (SSSR count). The highest BCUT2D eigenvalue weighted by molar-refractivity contribution is 5.92. The molecule has 126 valence electrons. The van der Waals surface area contributed by atoms with Crippen LogP contribution in [0.25, 0.3) is 0 Å². The van der Waals surface area contributed by atoms with Crippen molar-refractivity contribution in [3.8, 4) is 5.75 Å². The zero-order chi connectivity index (χ0) is 16.7. The Balaban J connectivity index is 1.60. The van der Waals surface area contributed by atoms with Crippen LogP contribution in [-0.2, 0) is 0 Å². The Hall–Kier alpha value is -2.34. The van der Waals surface area contributed by atoms with Crippen LogP contribution in [0.15, 0.2) is 34.9 Å². The number of aliphatic hydroxyl groups excluding tert-OH is 1. The first kappa shape index (κ1) is 15.2. The predicted octanol–water partition coefficient (Wildman–Crippen LogP) is 2.51. The van der Waals surface area contributed by atoms with Crippen molar-refractivity contribution in [3.63, 3.8) is 0 Å². The maximum atomic E-state index is 12.8. The Bertz CT molecular complexity index is 753. The van der Waals surface area contributed by atoms with Crippen molar-refractivity contribution < 1.29 is 19.2 Å². The average molecular weight is 328 g/mol. The lowest BCUT2D eigenvalue weighted by atomic mass is 10.0. The zero-order valence-corrected chi connectivity index (χ0v) is 13.5. The molecule has 2 aliphatic rings. The van der Waals surface area contributed by atoms with E-state index in [2.05, 4.69) is 5.16 Å². The summed E-state index contributed by atoms with van der Waals surface area (Å²) in [7, 11) is 1.61. The second-order valence-corrected chi connectivity index (χ2v) is 6.53. The maximum Gasteiger partial charge on any atom is 0.293 e. The molecule has 1 saturated heterocycles. The molecule has 1 aromatic heterocycles. The number of benzene rings is 1. The third kappa shape index (κ3) is 2.78. The fourth-order valence-corrected chi connectivity index (χ4v) is 3.31. The van der Waals surface area contributed by atoms with Crippen molar-refractivity contribution in [1.82, 2.24) is 10.1 Å². The topological polar surface area (TPSA) is 75.8 Å². The molecule has 1 aromatic carbocycles. The Labute approximate surface area is 140 Å². The van der Waals surface area contributed by atoms with Gasteiger partial charge in [-0.1, -0.05) is 17.3 Å². The second-order valence-electron chi connectivity index (χ2n) is 6.53. The van der Waals surface area contributed by atoms with E-state index in [4.69, 9.17) is 9.26 Å². The molecule has 2 aromatic rings. The Morgan fingerprint density at radius 1 is 1.38 bits per heavy atom. The smallest absolute Gasteiger partial charge is 0.293 e. The van der Waals surface area contributed by atoms with E-state index in [-0.39, 0.29) is 17.7 Å². The van der Waals surface area contributed by atoms with Crippen molar-refractivity contribution in [1.29, 1.82) is 0 Å². The number of ether oxygens (including phenoxy) is 1. The quantitative estimate of drug-likeness (QED) is 0.933. The number of nitrogens with zero attached hydrogens (tertiary/aromatic N) is 2. The van der Waals surface area contributed by atoms with E-state index in [1.165, 1.54) is 0 Å². The summed E-state index contributed by atoms with van der Waals surface area (Å²) >= 11 is 0. The first-order valence-electron chi connectivity index (χ1n) is 8.25. The molecule has 0 unspecified atom stereocenters. The van der Waals surface area contributed by atoms with Gasteiger partial charge in [0.05, 0.1) is 24.9 Å². The number of aliphatic hydroxyl groups is 1. The number of methoxy groups -OCH3 is 1. The standard InChI is InChI=1S/C18H20N2O4/c1-23-14-4-2-3-12(7-14)16-8-13(21)10-20(16)18(22)17-9-15(19-24-17)11-5-6-11/h2-4,7,9,11,13,16,21H,5-6,8,10H2,1H3/t13-,16-/m1/s1. The van der Waals surface area contributed by atoms with Crippen LogP contribution in [0.5, 0.6) is 5.75 Å². The van der Waals surface area contributed by atoms with E-state index in [0.29, 0.717) is 18.9 Å². The summed E-state index contributed by atoms with van der Waals surface area (Å²) in [6.07, 6.45) is 2.17. The first-order chi connectivity index (χ1) is 11.7. The molecule has 2 heterocycles. The van der Waals surface area contributed by atoms with Gasteiger partial charge in [0.1, 0.15) is 5.75 Å². The van der Waals surface area contributed by atoms with Gasteiger partial charge in [-0.15, -0.1) is 0 Å². The number of likely N-dealkylation sites (tertiary alicyclic amines) is 1. The van der Waals surface area contributed by atoms with E-state index >= 15 is 0 Å². The van der Waals surface area contributed by atoms with Crippen LogP contribution < -0.4 is 4.74 Å². The number of β-amino-alcohol motifs (C(OH)–C–C–N with tert-alkyl or cyclic N) is 1. The van der Waals surface area contributed by atoms with Crippen molar-refractivity contribution in [2.75, 3.05) is 13.7 Å². The summed E-state index contributed by atoms with van der Waals surface area (Å²) in [5.74, 6) is 1.20. The number of hydrogen-bond donors (Lipinski definition) is 1. The third-order valence-electron chi connectivity index (χ3n) is 4.75. The molecule has 1 N–H and O–H groups in total. The SMILES string of the molecule is COc1cccc([C@H]2C[C@@H](O)CN2C(=O)c2cc(C3CC3)no2)c1. The normalized spacial score (nSPS) is 23.5. The molecule has 6 nitrogen and oxygen atoms in total. The number of hydrogen-bond acceptors (Lipinski definition) is 5. The van der Waals surface area contributed by atoms with Crippen LogP contribution in [0.1, 0.15) is 53.0 Å². The molecular weight excluding hydrogens is 308 g/mol. The molecule has 24 heavy (non-hydrogen) atoms. The minimum atomic E-state index is -0.545. The van der Waals surface area contributed by atoms with Crippen LogP contribution in [-0.4, -0.2) is 40.8 Å². The van der Waals surface area contributed by atoms with Crippen LogP contribution in [0.4, 0.5) is 0 Å². The molecule has 1 aliphatic carbocycles. The van der Waals surface area contributed by atoms with E-state index in [1.807, 2.05) is 24.3 Å².